The molecule has 3 heteroatoms. The Kier molecular flexibility index (Phi) is 3.89. The van der Waals surface area contributed by atoms with E-state index in [0.717, 1.165) is 28.8 Å². The van der Waals surface area contributed by atoms with Crippen LogP contribution in [0.25, 0.3) is 0 Å². The zero-order valence-electron chi connectivity index (χ0n) is 12.1. The molecule has 1 aliphatic heterocycles. The first kappa shape index (κ1) is 14.1. The number of ketones is 1. The third-order valence-electron chi connectivity index (χ3n) is 5.17. The number of carbonyl (C=O) groups excluding carboxylic acids is 1. The fourth-order valence-electron chi connectivity index (χ4n) is 3.91. The second-order valence-corrected chi connectivity index (χ2v) is 7.33. The van der Waals surface area contributed by atoms with E-state index in [1.165, 1.54) is 38.5 Å². The lowest BCUT2D eigenvalue weighted by Crippen LogP contribution is -2.39. The standard InChI is InChI=1S/C17H22BrNO/c1-13(20)15-12-14(18)4-5-16(15)19-10-8-17(9-11-19)6-2-3-7-17/h4-5,12H,2-3,6-11H2,1H3. The van der Waals surface area contributed by atoms with Crippen LogP contribution in [0.4, 0.5) is 5.69 Å². The molecular weight excluding hydrogens is 314 g/mol. The highest BCUT2D eigenvalue weighted by Gasteiger charge is 2.37. The smallest absolute Gasteiger partial charge is 0.161 e. The summed E-state index contributed by atoms with van der Waals surface area (Å²) in [5, 5.41) is 0. The molecule has 2 nitrogen and oxygen atoms in total. The van der Waals surface area contributed by atoms with Crippen LogP contribution in [0.3, 0.4) is 0 Å². The summed E-state index contributed by atoms with van der Waals surface area (Å²) in [6.07, 6.45) is 8.25. The van der Waals surface area contributed by atoms with Gasteiger partial charge < -0.3 is 4.90 Å². The zero-order chi connectivity index (χ0) is 14.2. The van der Waals surface area contributed by atoms with Crippen LogP contribution in [0.1, 0.15) is 55.8 Å². The van der Waals surface area contributed by atoms with Gasteiger partial charge in [0.2, 0.25) is 0 Å². The molecule has 1 spiro atoms. The maximum absolute atomic E-state index is 11.9. The lowest BCUT2D eigenvalue weighted by molar-refractivity contribution is 0.101. The number of hydrogen-bond acceptors (Lipinski definition) is 2. The highest BCUT2D eigenvalue weighted by molar-refractivity contribution is 9.10. The third-order valence-corrected chi connectivity index (χ3v) is 5.66. The first-order valence-electron chi connectivity index (χ1n) is 7.65. The summed E-state index contributed by atoms with van der Waals surface area (Å²) >= 11 is 3.47. The molecule has 2 fully saturated rings. The first-order chi connectivity index (χ1) is 9.60. The van der Waals surface area contributed by atoms with Crippen LogP contribution >= 0.6 is 15.9 Å². The van der Waals surface area contributed by atoms with Gasteiger partial charge in [0.25, 0.3) is 0 Å². The Bertz CT molecular complexity index is 510. The van der Waals surface area contributed by atoms with Crippen LogP contribution < -0.4 is 4.90 Å². The number of carbonyl (C=O) groups is 1. The van der Waals surface area contributed by atoms with Crippen LogP contribution in [-0.4, -0.2) is 18.9 Å². The van der Waals surface area contributed by atoms with Crippen molar-refractivity contribution < 1.29 is 4.79 Å². The van der Waals surface area contributed by atoms with E-state index in [9.17, 15) is 4.79 Å². The van der Waals surface area contributed by atoms with Gasteiger partial charge in [-0.15, -0.1) is 0 Å². The van der Waals surface area contributed by atoms with Gasteiger partial charge in [0.05, 0.1) is 0 Å². The molecule has 0 N–H and O–H groups in total. The van der Waals surface area contributed by atoms with Crippen molar-refractivity contribution in [2.24, 2.45) is 5.41 Å². The van der Waals surface area contributed by atoms with Gasteiger partial charge in [-0.1, -0.05) is 28.8 Å². The van der Waals surface area contributed by atoms with E-state index in [4.69, 9.17) is 0 Å². The molecule has 1 saturated carbocycles. The van der Waals surface area contributed by atoms with Crippen molar-refractivity contribution in [2.45, 2.75) is 45.4 Å². The molecule has 0 unspecified atom stereocenters. The maximum atomic E-state index is 11.9. The normalized spacial score (nSPS) is 21.4. The molecule has 108 valence electrons. The summed E-state index contributed by atoms with van der Waals surface area (Å²) in [5.41, 5.74) is 2.60. The molecule has 0 radical (unpaired) electrons. The van der Waals surface area contributed by atoms with Crippen molar-refractivity contribution in [1.82, 2.24) is 0 Å². The van der Waals surface area contributed by atoms with Crippen LogP contribution in [0, 0.1) is 5.41 Å². The number of hydrogen-bond donors (Lipinski definition) is 0. The van der Waals surface area contributed by atoms with Gasteiger partial charge >= 0.3 is 0 Å². The van der Waals surface area contributed by atoms with E-state index in [2.05, 4.69) is 26.9 Å². The Morgan fingerprint density at radius 1 is 1.15 bits per heavy atom. The van der Waals surface area contributed by atoms with Crippen molar-refractivity contribution in [3.05, 3.63) is 28.2 Å². The van der Waals surface area contributed by atoms with Crippen molar-refractivity contribution in [1.29, 1.82) is 0 Å². The van der Waals surface area contributed by atoms with E-state index in [1.807, 2.05) is 12.1 Å². The SMILES string of the molecule is CC(=O)c1cc(Br)ccc1N1CCC2(CCCC2)CC1. The molecule has 1 aromatic carbocycles. The predicted octanol–water partition coefficient (Wildman–Crippen LogP) is 4.81. The van der Waals surface area contributed by atoms with Crippen LogP contribution in [0.2, 0.25) is 0 Å². The molecular formula is C17H22BrNO. The van der Waals surface area contributed by atoms with Gasteiger partial charge in [-0.05, 0) is 56.2 Å². The summed E-state index contributed by atoms with van der Waals surface area (Å²) in [5.74, 6) is 0.155. The summed E-state index contributed by atoms with van der Waals surface area (Å²) < 4.78 is 0.982. The van der Waals surface area contributed by atoms with Crippen molar-refractivity contribution >= 4 is 27.4 Å². The number of piperidine rings is 1. The Morgan fingerprint density at radius 3 is 2.40 bits per heavy atom. The largest absolute Gasteiger partial charge is 0.371 e. The van der Waals surface area contributed by atoms with Gasteiger partial charge in [0, 0.05) is 28.8 Å². The van der Waals surface area contributed by atoms with E-state index < -0.39 is 0 Å². The minimum Gasteiger partial charge on any atom is -0.371 e. The first-order valence-corrected chi connectivity index (χ1v) is 8.44. The molecule has 1 aromatic rings. The Morgan fingerprint density at radius 2 is 1.80 bits per heavy atom. The number of Topliss-reactive ketones (excluding diaryl/α,β-unsaturated/α-hetero) is 1. The monoisotopic (exact) mass is 335 g/mol. The minimum atomic E-state index is 0.155. The molecule has 3 rings (SSSR count). The fourth-order valence-corrected chi connectivity index (χ4v) is 4.27. The Hall–Kier alpha value is -0.830. The average molecular weight is 336 g/mol. The van der Waals surface area contributed by atoms with Crippen LogP contribution in [-0.2, 0) is 0 Å². The molecule has 1 saturated heterocycles. The number of halogens is 1. The molecule has 1 aliphatic carbocycles. The van der Waals surface area contributed by atoms with Crippen LogP contribution in [0.5, 0.6) is 0 Å². The van der Waals surface area contributed by atoms with Gasteiger partial charge in [-0.25, -0.2) is 0 Å². The predicted molar refractivity (Wildman–Crippen MR) is 86.5 cm³/mol. The fraction of sp³-hybridized carbons (Fsp3) is 0.588. The summed E-state index contributed by atoms with van der Waals surface area (Å²) in [6, 6.07) is 6.09. The van der Waals surface area contributed by atoms with Gasteiger partial charge in [0.1, 0.15) is 0 Å². The topological polar surface area (TPSA) is 20.3 Å². The highest BCUT2D eigenvalue weighted by atomic mass is 79.9. The third kappa shape index (κ3) is 2.65. The maximum Gasteiger partial charge on any atom is 0.161 e. The van der Waals surface area contributed by atoms with E-state index in [-0.39, 0.29) is 5.78 Å². The zero-order valence-corrected chi connectivity index (χ0v) is 13.7. The summed E-state index contributed by atoms with van der Waals surface area (Å²) in [4.78, 5) is 14.3. The molecule has 2 aliphatic rings. The van der Waals surface area contributed by atoms with E-state index in [0.29, 0.717) is 5.41 Å². The minimum absolute atomic E-state index is 0.155. The molecule has 0 aromatic heterocycles. The molecule has 0 amide bonds. The van der Waals surface area contributed by atoms with Crippen LogP contribution in [0.15, 0.2) is 22.7 Å². The molecule has 0 bridgehead atoms. The van der Waals surface area contributed by atoms with E-state index >= 15 is 0 Å². The number of nitrogens with zero attached hydrogens (tertiary/aromatic N) is 1. The molecule has 1 heterocycles. The number of rotatable bonds is 2. The quantitative estimate of drug-likeness (QED) is 0.722. The van der Waals surface area contributed by atoms with Crippen molar-refractivity contribution in [2.75, 3.05) is 18.0 Å². The number of benzene rings is 1. The van der Waals surface area contributed by atoms with Gasteiger partial charge in [-0.3, -0.25) is 4.79 Å². The Labute approximate surface area is 129 Å². The van der Waals surface area contributed by atoms with Gasteiger partial charge in [-0.2, -0.15) is 0 Å². The number of anilines is 1. The second kappa shape index (κ2) is 5.51. The Balaban J connectivity index is 1.79. The highest BCUT2D eigenvalue weighted by Crippen LogP contribution is 2.47. The molecule has 0 atom stereocenters. The van der Waals surface area contributed by atoms with Gasteiger partial charge in [0.15, 0.2) is 5.78 Å². The summed E-state index contributed by atoms with van der Waals surface area (Å²) in [6.45, 7) is 3.86. The van der Waals surface area contributed by atoms with Crippen molar-refractivity contribution in [3.8, 4) is 0 Å². The molecule has 20 heavy (non-hydrogen) atoms. The average Bonchev–Trinajstić information content (AvgIpc) is 2.88. The summed E-state index contributed by atoms with van der Waals surface area (Å²) in [7, 11) is 0. The second-order valence-electron chi connectivity index (χ2n) is 6.41. The lowest BCUT2D eigenvalue weighted by atomic mass is 9.77. The van der Waals surface area contributed by atoms with E-state index in [1.54, 1.807) is 6.92 Å². The van der Waals surface area contributed by atoms with Crippen molar-refractivity contribution in [3.63, 3.8) is 0 Å². The lowest BCUT2D eigenvalue weighted by Gasteiger charge is -2.41.